The zero-order valence-electron chi connectivity index (χ0n) is 15.0. The van der Waals surface area contributed by atoms with Gasteiger partial charge in [-0.3, -0.25) is 4.79 Å². The predicted molar refractivity (Wildman–Crippen MR) is 91.6 cm³/mol. The van der Waals surface area contributed by atoms with Crippen LogP contribution in [0.3, 0.4) is 0 Å². The number of aromatic nitrogens is 2. The number of carbonyl (C=O) groups excluding carboxylic acids is 1. The number of aromatic hydroxyl groups is 1. The third-order valence-electron chi connectivity index (χ3n) is 4.07. The number of ether oxygens (including phenoxy) is 1. The van der Waals surface area contributed by atoms with Crippen LogP contribution in [0.2, 0.25) is 0 Å². The van der Waals surface area contributed by atoms with Gasteiger partial charge in [0.1, 0.15) is 0 Å². The molecule has 1 N–H and O–H groups in total. The van der Waals surface area contributed by atoms with Gasteiger partial charge >= 0.3 is 5.97 Å². The van der Waals surface area contributed by atoms with Crippen molar-refractivity contribution in [3.63, 3.8) is 0 Å². The number of esters is 1. The highest BCUT2D eigenvalue weighted by atomic mass is 16.5. The van der Waals surface area contributed by atoms with Gasteiger partial charge in [0.25, 0.3) is 5.56 Å². The summed E-state index contributed by atoms with van der Waals surface area (Å²) in [5.74, 6) is -0.872. The first kappa shape index (κ1) is 18.3. The lowest BCUT2D eigenvalue weighted by Gasteiger charge is -2.22. The van der Waals surface area contributed by atoms with Gasteiger partial charge in [0.15, 0.2) is 17.1 Å². The molecule has 0 bridgehead atoms. The predicted octanol–water partition coefficient (Wildman–Crippen LogP) is 2.16. The number of anilines is 1. The van der Waals surface area contributed by atoms with Gasteiger partial charge in [-0.25, -0.2) is 9.48 Å². The Morgan fingerprint density at radius 3 is 2.46 bits per heavy atom. The van der Waals surface area contributed by atoms with Crippen LogP contribution in [0.4, 0.5) is 5.82 Å². The maximum absolute atomic E-state index is 12.6. The zero-order chi connectivity index (χ0) is 17.9. The van der Waals surface area contributed by atoms with Gasteiger partial charge in [-0.05, 0) is 31.6 Å². The van der Waals surface area contributed by atoms with E-state index in [1.807, 2.05) is 4.90 Å². The normalized spacial score (nSPS) is 14.9. The van der Waals surface area contributed by atoms with Crippen molar-refractivity contribution in [1.29, 1.82) is 0 Å². The maximum Gasteiger partial charge on any atom is 0.347 e. The molecule has 1 saturated heterocycles. The van der Waals surface area contributed by atoms with Gasteiger partial charge in [0, 0.05) is 19.6 Å². The largest absolute Gasteiger partial charge is 0.503 e. The molecule has 7 nitrogen and oxygen atoms in total. The number of carbonyl (C=O) groups is 1. The molecule has 134 valence electrons. The van der Waals surface area contributed by atoms with E-state index in [0.717, 1.165) is 32.4 Å². The minimum Gasteiger partial charge on any atom is -0.503 e. The summed E-state index contributed by atoms with van der Waals surface area (Å²) in [5, 5.41) is 14.8. The Labute approximate surface area is 142 Å². The lowest BCUT2D eigenvalue weighted by molar-refractivity contribution is 0.0519. The van der Waals surface area contributed by atoms with Crippen LogP contribution in [-0.2, 0) is 11.3 Å². The van der Waals surface area contributed by atoms with Crippen LogP contribution in [0.1, 0.15) is 57.3 Å². The topological polar surface area (TPSA) is 84.7 Å². The van der Waals surface area contributed by atoms with Gasteiger partial charge in [0.05, 0.1) is 6.61 Å². The van der Waals surface area contributed by atoms with Crippen molar-refractivity contribution in [2.45, 2.75) is 53.5 Å². The first-order chi connectivity index (χ1) is 11.2. The third-order valence-corrected chi connectivity index (χ3v) is 4.07. The van der Waals surface area contributed by atoms with E-state index in [1.165, 1.54) is 4.68 Å². The summed E-state index contributed by atoms with van der Waals surface area (Å²) >= 11 is 0. The standard InChI is InChI=1S/C17H27N3O4/c1-5-24-16(23)12-13(21)14(19-9-6-7-10-19)18-20(15(12)22)11-8-17(2,3)4/h21H,5-11H2,1-4H3. The quantitative estimate of drug-likeness (QED) is 0.829. The maximum atomic E-state index is 12.6. The van der Waals surface area contributed by atoms with Crippen molar-refractivity contribution in [3.05, 3.63) is 15.9 Å². The number of nitrogens with zero attached hydrogens (tertiary/aromatic N) is 3. The molecule has 24 heavy (non-hydrogen) atoms. The minimum absolute atomic E-state index is 0.0247. The number of aryl methyl sites for hydroxylation is 1. The van der Waals surface area contributed by atoms with Crippen LogP contribution in [0.25, 0.3) is 0 Å². The average molecular weight is 337 g/mol. The number of hydrogen-bond acceptors (Lipinski definition) is 6. The SMILES string of the molecule is CCOC(=O)c1c(O)c(N2CCCC2)nn(CCC(C)(C)C)c1=O. The Bertz CT molecular complexity index is 655. The molecule has 1 aliphatic rings. The van der Waals surface area contributed by atoms with Crippen molar-refractivity contribution in [2.24, 2.45) is 5.41 Å². The lowest BCUT2D eigenvalue weighted by Crippen LogP contribution is -2.33. The molecule has 0 radical (unpaired) electrons. The van der Waals surface area contributed by atoms with Crippen molar-refractivity contribution in [2.75, 3.05) is 24.6 Å². The first-order valence-corrected chi connectivity index (χ1v) is 8.50. The van der Waals surface area contributed by atoms with Crippen molar-refractivity contribution in [1.82, 2.24) is 9.78 Å². The molecule has 1 aromatic heterocycles. The molecule has 0 amide bonds. The Kier molecular flexibility index (Phi) is 5.51. The molecular formula is C17H27N3O4. The van der Waals surface area contributed by atoms with Crippen molar-refractivity contribution < 1.29 is 14.6 Å². The van der Waals surface area contributed by atoms with E-state index in [4.69, 9.17) is 4.74 Å². The van der Waals surface area contributed by atoms with Crippen LogP contribution >= 0.6 is 0 Å². The van der Waals surface area contributed by atoms with E-state index < -0.39 is 11.5 Å². The monoisotopic (exact) mass is 337 g/mol. The summed E-state index contributed by atoms with van der Waals surface area (Å²) in [6.07, 6.45) is 2.72. The third kappa shape index (κ3) is 4.07. The fraction of sp³-hybridized carbons (Fsp3) is 0.706. The molecule has 1 aromatic rings. The molecule has 1 fully saturated rings. The molecule has 0 aromatic carbocycles. The van der Waals surface area contributed by atoms with E-state index in [9.17, 15) is 14.7 Å². The van der Waals surface area contributed by atoms with Crippen LogP contribution < -0.4 is 10.5 Å². The Morgan fingerprint density at radius 1 is 1.29 bits per heavy atom. The molecule has 0 aliphatic carbocycles. The highest BCUT2D eigenvalue weighted by Crippen LogP contribution is 2.30. The van der Waals surface area contributed by atoms with E-state index in [0.29, 0.717) is 12.4 Å². The molecule has 7 heteroatoms. The molecule has 0 spiro atoms. The first-order valence-electron chi connectivity index (χ1n) is 8.50. The van der Waals surface area contributed by atoms with Crippen molar-refractivity contribution in [3.8, 4) is 5.75 Å². The smallest absolute Gasteiger partial charge is 0.347 e. The second kappa shape index (κ2) is 7.23. The van der Waals surface area contributed by atoms with Crippen LogP contribution in [0, 0.1) is 5.41 Å². The van der Waals surface area contributed by atoms with Crippen LogP contribution in [0.5, 0.6) is 5.75 Å². The molecule has 2 heterocycles. The van der Waals surface area contributed by atoms with Gasteiger partial charge in [-0.2, -0.15) is 0 Å². The van der Waals surface area contributed by atoms with Crippen molar-refractivity contribution >= 4 is 11.8 Å². The molecule has 0 atom stereocenters. The summed E-state index contributed by atoms with van der Waals surface area (Å²) in [4.78, 5) is 26.7. The summed E-state index contributed by atoms with van der Waals surface area (Å²) in [6.45, 7) is 9.91. The zero-order valence-corrected chi connectivity index (χ0v) is 15.0. The Balaban J connectivity index is 2.49. The summed E-state index contributed by atoms with van der Waals surface area (Å²) in [6, 6.07) is 0. The summed E-state index contributed by atoms with van der Waals surface area (Å²) < 4.78 is 6.23. The second-order valence-corrected chi connectivity index (χ2v) is 7.30. The lowest BCUT2D eigenvalue weighted by atomic mass is 9.92. The van der Waals surface area contributed by atoms with E-state index in [-0.39, 0.29) is 23.3 Å². The fourth-order valence-electron chi connectivity index (χ4n) is 2.67. The highest BCUT2D eigenvalue weighted by Gasteiger charge is 2.28. The van der Waals surface area contributed by atoms with Crippen LogP contribution in [-0.4, -0.2) is 40.6 Å². The average Bonchev–Trinajstić information content (AvgIpc) is 3.00. The molecular weight excluding hydrogens is 310 g/mol. The summed E-state index contributed by atoms with van der Waals surface area (Å²) in [5.41, 5.74) is -0.891. The molecule has 0 unspecified atom stereocenters. The molecule has 1 aliphatic heterocycles. The highest BCUT2D eigenvalue weighted by molar-refractivity contribution is 5.93. The second-order valence-electron chi connectivity index (χ2n) is 7.30. The van der Waals surface area contributed by atoms with Gasteiger partial charge in [-0.15, -0.1) is 5.10 Å². The molecule has 2 rings (SSSR count). The van der Waals surface area contributed by atoms with Gasteiger partial charge in [0.2, 0.25) is 0 Å². The Hall–Kier alpha value is -2.05. The van der Waals surface area contributed by atoms with Gasteiger partial charge in [-0.1, -0.05) is 20.8 Å². The van der Waals surface area contributed by atoms with E-state index >= 15 is 0 Å². The summed E-state index contributed by atoms with van der Waals surface area (Å²) in [7, 11) is 0. The molecule has 0 saturated carbocycles. The minimum atomic E-state index is -0.799. The van der Waals surface area contributed by atoms with Crippen LogP contribution in [0.15, 0.2) is 4.79 Å². The number of hydrogen-bond donors (Lipinski definition) is 1. The Morgan fingerprint density at radius 2 is 1.92 bits per heavy atom. The van der Waals surface area contributed by atoms with Gasteiger partial charge < -0.3 is 14.7 Å². The van der Waals surface area contributed by atoms with E-state index in [2.05, 4.69) is 25.9 Å². The van der Waals surface area contributed by atoms with E-state index in [1.54, 1.807) is 6.92 Å². The fourth-order valence-corrected chi connectivity index (χ4v) is 2.67. The number of rotatable bonds is 5.